The number of amidine groups is 1. The lowest BCUT2D eigenvalue weighted by Crippen LogP contribution is -2.40. The number of carbonyl (C=O) groups is 1. The first-order valence-corrected chi connectivity index (χ1v) is 4.34. The smallest absolute Gasteiger partial charge is 0.233 e. The van der Waals surface area contributed by atoms with Gasteiger partial charge in [-0.3, -0.25) is 4.79 Å². The van der Waals surface area contributed by atoms with Crippen molar-refractivity contribution in [1.82, 2.24) is 4.90 Å². The van der Waals surface area contributed by atoms with Crippen LogP contribution in [0, 0.1) is 5.92 Å². The molecule has 0 spiro atoms. The van der Waals surface area contributed by atoms with Crippen LogP contribution in [0.25, 0.3) is 0 Å². The van der Waals surface area contributed by atoms with E-state index in [0.29, 0.717) is 13.1 Å². The molecule has 0 aliphatic heterocycles. The molecule has 1 unspecified atom stereocenters. The maximum Gasteiger partial charge on any atom is 0.233 e. The SMILES string of the molecule is CCN(CC)C(=O)C(C)C(N)=NO. The Bertz CT molecular complexity index is 200. The van der Waals surface area contributed by atoms with Gasteiger partial charge in [-0.15, -0.1) is 0 Å². The van der Waals surface area contributed by atoms with Crippen LogP contribution in [0.1, 0.15) is 20.8 Å². The summed E-state index contributed by atoms with van der Waals surface area (Å²) in [5.41, 5.74) is 5.32. The minimum absolute atomic E-state index is 0.0445. The molecule has 76 valence electrons. The minimum Gasteiger partial charge on any atom is -0.409 e. The van der Waals surface area contributed by atoms with E-state index < -0.39 is 5.92 Å². The summed E-state index contributed by atoms with van der Waals surface area (Å²) in [7, 11) is 0. The van der Waals surface area contributed by atoms with E-state index in [2.05, 4.69) is 5.16 Å². The molecule has 0 bridgehead atoms. The van der Waals surface area contributed by atoms with Crippen molar-refractivity contribution in [2.45, 2.75) is 20.8 Å². The summed E-state index contributed by atoms with van der Waals surface area (Å²) in [6, 6.07) is 0. The lowest BCUT2D eigenvalue weighted by atomic mass is 10.1. The third-order valence-electron chi connectivity index (χ3n) is 2.00. The number of nitrogens with two attached hydrogens (primary N) is 1. The maximum atomic E-state index is 11.6. The Morgan fingerprint density at radius 3 is 2.31 bits per heavy atom. The van der Waals surface area contributed by atoms with Gasteiger partial charge in [0.15, 0.2) is 5.84 Å². The summed E-state index contributed by atoms with van der Waals surface area (Å²) in [6.07, 6.45) is 0. The van der Waals surface area contributed by atoms with Crippen molar-refractivity contribution in [3.8, 4) is 0 Å². The zero-order valence-electron chi connectivity index (χ0n) is 8.32. The first kappa shape index (κ1) is 11.7. The summed E-state index contributed by atoms with van der Waals surface area (Å²) in [5, 5.41) is 11.2. The van der Waals surface area contributed by atoms with Crippen molar-refractivity contribution in [1.29, 1.82) is 0 Å². The Hall–Kier alpha value is -1.26. The molecule has 0 aromatic heterocycles. The second-order valence-electron chi connectivity index (χ2n) is 2.76. The predicted octanol–water partition coefficient (Wildman–Crippen LogP) is 0.237. The van der Waals surface area contributed by atoms with Crippen LogP contribution in [0.15, 0.2) is 5.16 Å². The number of carbonyl (C=O) groups excluding carboxylic acids is 1. The summed E-state index contributed by atoms with van der Waals surface area (Å²) in [5.74, 6) is -0.706. The van der Waals surface area contributed by atoms with Gasteiger partial charge in [0.25, 0.3) is 0 Å². The van der Waals surface area contributed by atoms with Crippen LogP contribution in [0.5, 0.6) is 0 Å². The van der Waals surface area contributed by atoms with Gasteiger partial charge in [0.2, 0.25) is 5.91 Å². The summed E-state index contributed by atoms with van der Waals surface area (Å²) in [4.78, 5) is 13.2. The number of nitrogens with zero attached hydrogens (tertiary/aromatic N) is 2. The Morgan fingerprint density at radius 2 is 2.00 bits per heavy atom. The van der Waals surface area contributed by atoms with Gasteiger partial charge in [0, 0.05) is 13.1 Å². The molecule has 1 amide bonds. The molecule has 0 aliphatic rings. The van der Waals surface area contributed by atoms with Crippen LogP contribution in [0.3, 0.4) is 0 Å². The highest BCUT2D eigenvalue weighted by molar-refractivity contribution is 6.01. The molecule has 0 saturated carbocycles. The Labute approximate surface area is 78.2 Å². The fraction of sp³-hybridized carbons (Fsp3) is 0.750. The van der Waals surface area contributed by atoms with Crippen molar-refractivity contribution in [3.05, 3.63) is 0 Å². The first-order valence-electron chi connectivity index (χ1n) is 4.34. The van der Waals surface area contributed by atoms with E-state index in [4.69, 9.17) is 10.9 Å². The van der Waals surface area contributed by atoms with E-state index in [1.165, 1.54) is 0 Å². The normalized spacial score (nSPS) is 13.9. The molecule has 5 heteroatoms. The lowest BCUT2D eigenvalue weighted by Gasteiger charge is -2.21. The highest BCUT2D eigenvalue weighted by Gasteiger charge is 2.21. The minimum atomic E-state index is -0.551. The number of amides is 1. The van der Waals surface area contributed by atoms with Crippen molar-refractivity contribution < 1.29 is 10.0 Å². The predicted molar refractivity (Wildman–Crippen MR) is 50.5 cm³/mol. The molecule has 0 aromatic rings. The molecule has 0 saturated heterocycles. The van der Waals surface area contributed by atoms with Crippen molar-refractivity contribution in [3.63, 3.8) is 0 Å². The van der Waals surface area contributed by atoms with Gasteiger partial charge in [-0.05, 0) is 20.8 Å². The van der Waals surface area contributed by atoms with Crippen LogP contribution < -0.4 is 5.73 Å². The third kappa shape index (κ3) is 2.93. The van der Waals surface area contributed by atoms with Gasteiger partial charge in [-0.2, -0.15) is 0 Å². The largest absolute Gasteiger partial charge is 0.409 e. The molecule has 13 heavy (non-hydrogen) atoms. The highest BCUT2D eigenvalue weighted by atomic mass is 16.4. The highest BCUT2D eigenvalue weighted by Crippen LogP contribution is 2.02. The van der Waals surface area contributed by atoms with Gasteiger partial charge in [0.05, 0.1) is 5.92 Å². The van der Waals surface area contributed by atoms with E-state index in [0.717, 1.165) is 0 Å². The van der Waals surface area contributed by atoms with E-state index in [-0.39, 0.29) is 11.7 Å². The van der Waals surface area contributed by atoms with E-state index in [1.54, 1.807) is 11.8 Å². The van der Waals surface area contributed by atoms with E-state index >= 15 is 0 Å². The second kappa shape index (κ2) is 5.40. The van der Waals surface area contributed by atoms with Crippen LogP contribution in [-0.2, 0) is 4.79 Å². The van der Waals surface area contributed by atoms with Crippen LogP contribution in [-0.4, -0.2) is 34.9 Å². The third-order valence-corrected chi connectivity index (χ3v) is 2.00. The number of hydrogen-bond donors (Lipinski definition) is 2. The average molecular weight is 187 g/mol. The molecule has 0 fully saturated rings. The molecule has 0 heterocycles. The summed E-state index contributed by atoms with van der Waals surface area (Å²) < 4.78 is 0. The summed E-state index contributed by atoms with van der Waals surface area (Å²) >= 11 is 0. The van der Waals surface area contributed by atoms with Gasteiger partial charge in [0.1, 0.15) is 0 Å². The molecule has 5 nitrogen and oxygen atoms in total. The zero-order chi connectivity index (χ0) is 10.4. The monoisotopic (exact) mass is 187 g/mol. The van der Waals surface area contributed by atoms with E-state index in [1.807, 2.05) is 13.8 Å². The van der Waals surface area contributed by atoms with E-state index in [9.17, 15) is 4.79 Å². The molecule has 3 N–H and O–H groups in total. The Balaban J connectivity index is 4.40. The van der Waals surface area contributed by atoms with Crippen molar-refractivity contribution in [2.75, 3.05) is 13.1 Å². The second-order valence-corrected chi connectivity index (χ2v) is 2.76. The number of hydrogen-bond acceptors (Lipinski definition) is 3. The Kier molecular flexibility index (Phi) is 4.87. The fourth-order valence-electron chi connectivity index (χ4n) is 1.02. The summed E-state index contributed by atoms with van der Waals surface area (Å²) in [6.45, 7) is 6.67. The molecule has 1 atom stereocenters. The first-order chi connectivity index (χ1) is 6.08. The average Bonchev–Trinajstić information content (AvgIpc) is 2.17. The molecular weight excluding hydrogens is 170 g/mol. The molecule has 0 aromatic carbocycles. The van der Waals surface area contributed by atoms with Gasteiger partial charge >= 0.3 is 0 Å². The Morgan fingerprint density at radius 1 is 1.54 bits per heavy atom. The van der Waals surface area contributed by atoms with Gasteiger partial charge in [-0.25, -0.2) is 0 Å². The maximum absolute atomic E-state index is 11.6. The molecule has 0 aliphatic carbocycles. The van der Waals surface area contributed by atoms with Crippen LogP contribution >= 0.6 is 0 Å². The van der Waals surface area contributed by atoms with Gasteiger partial charge in [-0.1, -0.05) is 5.16 Å². The zero-order valence-corrected chi connectivity index (χ0v) is 8.32. The molecular formula is C8H17N3O2. The fourth-order valence-corrected chi connectivity index (χ4v) is 1.02. The number of rotatable bonds is 4. The van der Waals surface area contributed by atoms with Crippen LogP contribution in [0.4, 0.5) is 0 Å². The van der Waals surface area contributed by atoms with Crippen molar-refractivity contribution >= 4 is 11.7 Å². The van der Waals surface area contributed by atoms with Crippen LogP contribution in [0.2, 0.25) is 0 Å². The number of oxime groups is 1. The standard InChI is InChI=1S/C8H17N3O2/c1-4-11(5-2)8(12)6(3)7(9)10-13/h6,13H,4-5H2,1-3H3,(H2,9,10). The molecule has 0 rings (SSSR count). The topological polar surface area (TPSA) is 78.9 Å². The van der Waals surface area contributed by atoms with Gasteiger partial charge < -0.3 is 15.8 Å². The molecule has 0 radical (unpaired) electrons. The van der Waals surface area contributed by atoms with Crippen molar-refractivity contribution in [2.24, 2.45) is 16.8 Å². The quantitative estimate of drug-likeness (QED) is 0.286. The lowest BCUT2D eigenvalue weighted by molar-refractivity contribution is -0.132.